The van der Waals surface area contributed by atoms with Crippen LogP contribution in [0, 0.1) is 0 Å². The van der Waals surface area contributed by atoms with Crippen LogP contribution in [-0.4, -0.2) is 24.2 Å². The van der Waals surface area contributed by atoms with Gasteiger partial charge < -0.3 is 10.1 Å². The molecule has 2 aliphatic rings. The summed E-state index contributed by atoms with van der Waals surface area (Å²) in [4.78, 5) is 4.45. The first-order valence-electron chi connectivity index (χ1n) is 7.81. The maximum atomic E-state index is 6.06. The molecule has 4 rings (SSSR count). The fourth-order valence-corrected chi connectivity index (χ4v) is 3.48. The van der Waals surface area contributed by atoms with Crippen molar-refractivity contribution in [2.24, 2.45) is 0 Å². The maximum Gasteiger partial charge on any atom is 0.0980 e. The Morgan fingerprint density at radius 2 is 2.19 bits per heavy atom. The minimum Gasteiger partial charge on any atom is -0.372 e. The van der Waals surface area contributed by atoms with E-state index in [0.29, 0.717) is 6.04 Å². The highest BCUT2D eigenvalue weighted by molar-refractivity contribution is 5.61. The summed E-state index contributed by atoms with van der Waals surface area (Å²) < 4.78 is 6.06. The van der Waals surface area contributed by atoms with E-state index < -0.39 is 0 Å². The van der Waals surface area contributed by atoms with Gasteiger partial charge in [0.15, 0.2) is 0 Å². The van der Waals surface area contributed by atoms with E-state index in [2.05, 4.69) is 34.6 Å². The standard InChI is InChI=1S/C18H20N2O/c1-2-9-19-16(4-1)14-6-7-15-13(12-14)8-11-21-18(15)17-5-3-10-20-17/h1-2,4,6-7,9,12,17-18,20H,3,5,8,10-11H2. The van der Waals surface area contributed by atoms with Crippen LogP contribution in [0.1, 0.15) is 30.1 Å². The van der Waals surface area contributed by atoms with Crippen molar-refractivity contribution in [2.75, 3.05) is 13.2 Å². The molecule has 3 heterocycles. The van der Waals surface area contributed by atoms with Gasteiger partial charge in [0.2, 0.25) is 0 Å². The van der Waals surface area contributed by atoms with Gasteiger partial charge in [0.25, 0.3) is 0 Å². The topological polar surface area (TPSA) is 34.1 Å². The normalized spacial score (nSPS) is 24.8. The molecule has 1 aromatic carbocycles. The molecule has 2 unspecified atom stereocenters. The summed E-state index contributed by atoms with van der Waals surface area (Å²) in [6.45, 7) is 1.94. The summed E-state index contributed by atoms with van der Waals surface area (Å²) in [6, 6.07) is 13.2. The summed E-state index contributed by atoms with van der Waals surface area (Å²) >= 11 is 0. The molecule has 0 aliphatic carbocycles. The molecule has 0 saturated carbocycles. The number of aromatic nitrogens is 1. The Bertz CT molecular complexity index is 620. The second-order valence-electron chi connectivity index (χ2n) is 5.87. The molecule has 0 spiro atoms. The predicted octanol–water partition coefficient (Wildman–Crippen LogP) is 3.11. The van der Waals surface area contributed by atoms with Gasteiger partial charge in [-0.05, 0) is 55.1 Å². The highest BCUT2D eigenvalue weighted by Crippen LogP contribution is 2.34. The minimum atomic E-state index is 0.217. The molecule has 0 radical (unpaired) electrons. The Labute approximate surface area is 125 Å². The molecule has 1 aromatic heterocycles. The smallest absolute Gasteiger partial charge is 0.0980 e. The Kier molecular flexibility index (Phi) is 3.45. The molecule has 3 heteroatoms. The molecule has 1 fully saturated rings. The second-order valence-corrected chi connectivity index (χ2v) is 5.87. The van der Waals surface area contributed by atoms with Gasteiger partial charge in [-0.3, -0.25) is 4.98 Å². The largest absolute Gasteiger partial charge is 0.372 e. The van der Waals surface area contributed by atoms with E-state index in [1.54, 1.807) is 0 Å². The van der Waals surface area contributed by atoms with Crippen molar-refractivity contribution in [1.82, 2.24) is 10.3 Å². The number of nitrogens with one attached hydrogen (secondary N) is 1. The van der Waals surface area contributed by atoms with Crippen LogP contribution in [0.5, 0.6) is 0 Å². The fourth-order valence-electron chi connectivity index (χ4n) is 3.48. The highest BCUT2D eigenvalue weighted by Gasteiger charge is 2.30. The maximum absolute atomic E-state index is 6.06. The summed E-state index contributed by atoms with van der Waals surface area (Å²) in [7, 11) is 0. The molecular formula is C18H20N2O. The van der Waals surface area contributed by atoms with Crippen LogP contribution in [0.15, 0.2) is 42.6 Å². The highest BCUT2D eigenvalue weighted by atomic mass is 16.5. The summed E-state index contributed by atoms with van der Waals surface area (Å²) in [5.41, 5.74) is 5.03. The molecule has 1 saturated heterocycles. The third-order valence-corrected chi connectivity index (χ3v) is 4.54. The van der Waals surface area contributed by atoms with Gasteiger partial charge in [-0.25, -0.2) is 0 Å². The number of ether oxygens (including phenoxy) is 1. The monoisotopic (exact) mass is 280 g/mol. The zero-order valence-corrected chi connectivity index (χ0v) is 12.1. The predicted molar refractivity (Wildman–Crippen MR) is 83.1 cm³/mol. The van der Waals surface area contributed by atoms with E-state index in [9.17, 15) is 0 Å². The third kappa shape index (κ3) is 2.47. The molecular weight excluding hydrogens is 260 g/mol. The Morgan fingerprint density at radius 1 is 1.19 bits per heavy atom. The quantitative estimate of drug-likeness (QED) is 0.918. The van der Waals surface area contributed by atoms with E-state index in [-0.39, 0.29) is 6.10 Å². The minimum absolute atomic E-state index is 0.217. The molecule has 0 amide bonds. The lowest BCUT2D eigenvalue weighted by molar-refractivity contribution is 0.0199. The van der Waals surface area contributed by atoms with Crippen LogP contribution >= 0.6 is 0 Å². The van der Waals surface area contributed by atoms with Crippen molar-refractivity contribution in [3.05, 3.63) is 53.7 Å². The lowest BCUT2D eigenvalue weighted by Crippen LogP contribution is -2.33. The zero-order valence-electron chi connectivity index (χ0n) is 12.1. The van der Waals surface area contributed by atoms with Gasteiger partial charge >= 0.3 is 0 Å². The first-order valence-corrected chi connectivity index (χ1v) is 7.81. The van der Waals surface area contributed by atoms with E-state index >= 15 is 0 Å². The van der Waals surface area contributed by atoms with Crippen molar-refractivity contribution in [2.45, 2.75) is 31.4 Å². The first kappa shape index (κ1) is 13.0. The summed E-state index contributed by atoms with van der Waals surface area (Å²) in [5, 5.41) is 3.58. The fraction of sp³-hybridized carbons (Fsp3) is 0.389. The molecule has 21 heavy (non-hydrogen) atoms. The van der Waals surface area contributed by atoms with Gasteiger partial charge in [-0.15, -0.1) is 0 Å². The summed E-state index contributed by atoms with van der Waals surface area (Å²) in [6.07, 6.45) is 5.54. The van der Waals surface area contributed by atoms with Crippen LogP contribution < -0.4 is 5.32 Å². The van der Waals surface area contributed by atoms with Gasteiger partial charge in [-0.1, -0.05) is 18.2 Å². The van der Waals surface area contributed by atoms with Crippen molar-refractivity contribution < 1.29 is 4.74 Å². The van der Waals surface area contributed by atoms with Crippen molar-refractivity contribution in [3.63, 3.8) is 0 Å². The number of nitrogens with zero attached hydrogens (tertiary/aromatic N) is 1. The van der Waals surface area contributed by atoms with E-state index in [0.717, 1.165) is 25.3 Å². The molecule has 108 valence electrons. The molecule has 2 aliphatic heterocycles. The van der Waals surface area contributed by atoms with Crippen LogP contribution in [0.4, 0.5) is 0 Å². The number of benzene rings is 1. The van der Waals surface area contributed by atoms with Gasteiger partial charge in [0.05, 0.1) is 18.4 Å². The third-order valence-electron chi connectivity index (χ3n) is 4.54. The Hall–Kier alpha value is -1.71. The molecule has 2 atom stereocenters. The van der Waals surface area contributed by atoms with Crippen molar-refractivity contribution in [3.8, 4) is 11.3 Å². The number of fused-ring (bicyclic) bond motifs is 1. The average Bonchev–Trinajstić information content (AvgIpc) is 3.09. The number of hydrogen-bond acceptors (Lipinski definition) is 3. The summed E-state index contributed by atoms with van der Waals surface area (Å²) in [5.74, 6) is 0. The van der Waals surface area contributed by atoms with Gasteiger partial charge in [-0.2, -0.15) is 0 Å². The Balaban J connectivity index is 1.68. The lowest BCUT2D eigenvalue weighted by Gasteiger charge is -2.31. The first-order chi connectivity index (χ1) is 10.4. The van der Waals surface area contributed by atoms with Crippen LogP contribution in [0.3, 0.4) is 0 Å². The molecule has 1 N–H and O–H groups in total. The Morgan fingerprint density at radius 3 is 3.00 bits per heavy atom. The molecule has 2 aromatic rings. The van der Waals surface area contributed by atoms with Gasteiger partial charge in [0, 0.05) is 17.8 Å². The zero-order chi connectivity index (χ0) is 14.1. The van der Waals surface area contributed by atoms with E-state index in [4.69, 9.17) is 4.74 Å². The second kappa shape index (κ2) is 5.58. The average molecular weight is 280 g/mol. The van der Waals surface area contributed by atoms with E-state index in [1.165, 1.54) is 29.5 Å². The van der Waals surface area contributed by atoms with Crippen molar-refractivity contribution in [1.29, 1.82) is 0 Å². The number of pyridine rings is 1. The SMILES string of the molecule is c1ccc(-c2ccc3c(c2)CCOC3C2CCCN2)nc1. The van der Waals surface area contributed by atoms with Gasteiger partial charge in [0.1, 0.15) is 0 Å². The molecule has 0 bridgehead atoms. The number of rotatable bonds is 2. The van der Waals surface area contributed by atoms with Crippen LogP contribution in [-0.2, 0) is 11.2 Å². The number of hydrogen-bond donors (Lipinski definition) is 1. The van der Waals surface area contributed by atoms with Crippen LogP contribution in [0.25, 0.3) is 11.3 Å². The lowest BCUT2D eigenvalue weighted by atomic mass is 9.90. The molecule has 3 nitrogen and oxygen atoms in total. The van der Waals surface area contributed by atoms with Crippen LogP contribution in [0.2, 0.25) is 0 Å². The van der Waals surface area contributed by atoms with E-state index in [1.807, 2.05) is 18.3 Å². The van der Waals surface area contributed by atoms with Crippen molar-refractivity contribution >= 4 is 0 Å².